The number of unbranched alkanes of at least 4 members (excludes halogenated alkanes) is 3. The third kappa shape index (κ3) is 9.93. The van der Waals surface area contributed by atoms with Crippen molar-refractivity contribution in [3.8, 4) is 5.75 Å². The molecule has 2 heterocycles. The molecule has 48 heavy (non-hydrogen) atoms. The molecule has 4 rings (SSSR count). The zero-order chi connectivity index (χ0) is 34.7. The normalized spacial score (nSPS) is 16.8. The van der Waals surface area contributed by atoms with E-state index in [-0.39, 0.29) is 24.3 Å². The number of fused-ring (bicyclic) bond motifs is 1. The number of carbonyl (C=O) groups excluding carboxylic acids is 3. The van der Waals surface area contributed by atoms with Gasteiger partial charge in [-0.25, -0.2) is 4.79 Å². The molecule has 2 unspecified atom stereocenters. The van der Waals surface area contributed by atoms with Crippen LogP contribution in [0.3, 0.4) is 0 Å². The van der Waals surface area contributed by atoms with Crippen LogP contribution in [-0.2, 0) is 25.6 Å². The third-order valence-corrected chi connectivity index (χ3v) is 8.62. The molecule has 0 aromatic heterocycles. The van der Waals surface area contributed by atoms with Crippen LogP contribution in [0.4, 0.5) is 10.5 Å². The molecule has 2 atom stereocenters. The van der Waals surface area contributed by atoms with E-state index in [4.69, 9.17) is 14.2 Å². The van der Waals surface area contributed by atoms with Crippen molar-refractivity contribution < 1.29 is 38.5 Å². The summed E-state index contributed by atoms with van der Waals surface area (Å²) in [5, 5.41) is 15.4. The average molecular weight is 667 g/mol. The van der Waals surface area contributed by atoms with E-state index in [0.29, 0.717) is 58.1 Å². The van der Waals surface area contributed by atoms with Crippen molar-refractivity contribution in [2.45, 2.75) is 90.4 Å². The minimum Gasteiger partial charge on any atom is -0.494 e. The van der Waals surface area contributed by atoms with Gasteiger partial charge in [-0.3, -0.25) is 24.6 Å². The largest absolute Gasteiger partial charge is 0.494 e. The van der Waals surface area contributed by atoms with Crippen LogP contribution < -0.4 is 15.4 Å². The van der Waals surface area contributed by atoms with Crippen molar-refractivity contribution in [2.24, 2.45) is 0 Å². The number of carboxylic acid groups (broad SMARTS) is 1. The van der Waals surface area contributed by atoms with Gasteiger partial charge in [-0.1, -0.05) is 24.6 Å². The first-order valence-corrected chi connectivity index (χ1v) is 16.9. The van der Waals surface area contributed by atoms with Crippen LogP contribution in [0.1, 0.15) is 93.7 Å². The van der Waals surface area contributed by atoms with Gasteiger partial charge in [0.1, 0.15) is 11.8 Å². The molecule has 1 fully saturated rings. The highest BCUT2D eigenvalue weighted by molar-refractivity contribution is 6.06. The van der Waals surface area contributed by atoms with E-state index in [2.05, 4.69) is 10.6 Å². The highest BCUT2D eigenvalue weighted by Gasteiger charge is 2.39. The third-order valence-electron chi connectivity index (χ3n) is 8.62. The minimum absolute atomic E-state index is 0.190. The number of nitrogens with zero attached hydrogens (tertiary/aromatic N) is 2. The average Bonchev–Trinajstić information content (AvgIpc) is 3.37. The Kier molecular flexibility index (Phi) is 13.2. The Bertz CT molecular complexity index is 1420. The highest BCUT2D eigenvalue weighted by atomic mass is 16.5. The maximum absolute atomic E-state index is 13.0. The quantitative estimate of drug-likeness (QED) is 0.141. The van der Waals surface area contributed by atoms with Crippen LogP contribution in [0.5, 0.6) is 5.75 Å². The molecule has 12 nitrogen and oxygen atoms in total. The number of carbonyl (C=O) groups is 4. The lowest BCUT2D eigenvalue weighted by molar-refractivity contribution is -0.136. The van der Waals surface area contributed by atoms with E-state index in [0.717, 1.165) is 48.2 Å². The molecule has 1 saturated heterocycles. The Hall–Kier alpha value is -4.16. The van der Waals surface area contributed by atoms with Crippen LogP contribution in [0, 0.1) is 0 Å². The molecule has 12 heteroatoms. The van der Waals surface area contributed by atoms with E-state index in [1.54, 1.807) is 11.0 Å². The van der Waals surface area contributed by atoms with E-state index >= 15 is 0 Å². The zero-order valence-electron chi connectivity index (χ0n) is 28.6. The minimum atomic E-state index is -0.944. The molecule has 0 radical (unpaired) electrons. The summed E-state index contributed by atoms with van der Waals surface area (Å²) in [5.41, 5.74) is 2.66. The first-order valence-electron chi connectivity index (χ1n) is 16.9. The van der Waals surface area contributed by atoms with E-state index < -0.39 is 23.6 Å². The van der Waals surface area contributed by atoms with Crippen molar-refractivity contribution in [1.82, 2.24) is 15.1 Å². The first-order chi connectivity index (χ1) is 23.0. The van der Waals surface area contributed by atoms with Crippen molar-refractivity contribution in [1.29, 1.82) is 0 Å². The summed E-state index contributed by atoms with van der Waals surface area (Å²) >= 11 is 0. The second-order valence-corrected chi connectivity index (χ2v) is 13.2. The molecular formula is C36H50N4O8. The van der Waals surface area contributed by atoms with Crippen molar-refractivity contribution >= 4 is 29.5 Å². The molecule has 2 aliphatic heterocycles. The van der Waals surface area contributed by atoms with Gasteiger partial charge in [0.2, 0.25) is 11.8 Å². The number of ether oxygens (including phenoxy) is 3. The Morgan fingerprint density at radius 2 is 1.71 bits per heavy atom. The number of nitrogens with one attached hydrogen (secondary N) is 2. The molecule has 2 aromatic carbocycles. The number of amides is 4. The summed E-state index contributed by atoms with van der Waals surface area (Å²) in [6.45, 7) is 11.2. The fourth-order valence-electron chi connectivity index (χ4n) is 6.23. The molecule has 3 N–H and O–H groups in total. The SMILES string of the molecule is CC(c1cccc(OCCCCCCOCCOCCNc2cccc3c2CN(C2CCC(=O)NC2=O)C3=O)c1)N(C(=O)O)C(C)(C)C. The van der Waals surface area contributed by atoms with Crippen LogP contribution in [0.25, 0.3) is 0 Å². The molecule has 262 valence electrons. The topological polar surface area (TPSA) is 147 Å². The predicted molar refractivity (Wildman–Crippen MR) is 181 cm³/mol. The van der Waals surface area contributed by atoms with Gasteiger partial charge in [0.15, 0.2) is 0 Å². The summed E-state index contributed by atoms with van der Waals surface area (Å²) in [5.74, 6) is -0.159. The lowest BCUT2D eigenvalue weighted by atomic mass is 9.99. The molecule has 0 saturated carbocycles. The van der Waals surface area contributed by atoms with Crippen molar-refractivity contribution in [2.75, 3.05) is 44.9 Å². The maximum Gasteiger partial charge on any atom is 0.408 e. The second-order valence-electron chi connectivity index (χ2n) is 13.2. The van der Waals surface area contributed by atoms with Gasteiger partial charge >= 0.3 is 6.09 Å². The van der Waals surface area contributed by atoms with E-state index in [1.807, 2.05) is 64.1 Å². The Labute approximate surface area is 283 Å². The summed E-state index contributed by atoms with van der Waals surface area (Å²) in [4.78, 5) is 51.7. The molecule has 0 aliphatic carbocycles. The second kappa shape index (κ2) is 17.3. The lowest BCUT2D eigenvalue weighted by Gasteiger charge is -2.38. The standard InChI is InChI=1S/C36H50N4O8/c1-25(40(35(44)45)36(2,3)4)26-11-9-12-27(23-26)48-19-8-6-5-7-18-46-21-22-47-20-17-37-30-14-10-13-28-29(30)24-39(34(28)43)31-15-16-32(41)38-33(31)42/h9-14,23,25,31,37H,5-8,15-22,24H2,1-4H3,(H,44,45)(H,38,41,42). The van der Waals surface area contributed by atoms with Crippen molar-refractivity contribution in [3.05, 3.63) is 59.2 Å². The number of hydrogen-bond donors (Lipinski definition) is 3. The molecular weight excluding hydrogens is 616 g/mol. The van der Waals surface area contributed by atoms with E-state index in [9.17, 15) is 24.3 Å². The number of hydrogen-bond acceptors (Lipinski definition) is 8. The molecule has 0 bridgehead atoms. The van der Waals surface area contributed by atoms with Gasteiger partial charge in [-0.05, 0) is 83.2 Å². The Morgan fingerprint density at radius 1 is 1.00 bits per heavy atom. The van der Waals surface area contributed by atoms with Crippen LogP contribution in [0.15, 0.2) is 42.5 Å². The first kappa shape index (κ1) is 36.7. The monoisotopic (exact) mass is 666 g/mol. The fourth-order valence-corrected chi connectivity index (χ4v) is 6.23. The predicted octanol–water partition coefficient (Wildman–Crippen LogP) is 5.37. The van der Waals surface area contributed by atoms with E-state index in [1.165, 1.54) is 4.90 Å². The van der Waals surface area contributed by atoms with Gasteiger partial charge in [0, 0.05) is 48.5 Å². The number of anilines is 1. The summed E-state index contributed by atoms with van der Waals surface area (Å²) < 4.78 is 17.4. The molecule has 2 aliphatic rings. The number of imide groups is 1. The van der Waals surface area contributed by atoms with Crippen molar-refractivity contribution in [3.63, 3.8) is 0 Å². The number of rotatable bonds is 18. The Balaban J connectivity index is 1.03. The summed E-state index contributed by atoms with van der Waals surface area (Å²) in [6.07, 6.45) is 3.57. The molecule has 4 amide bonds. The van der Waals surface area contributed by atoms with Gasteiger partial charge in [-0.15, -0.1) is 0 Å². The van der Waals surface area contributed by atoms with Gasteiger partial charge < -0.3 is 29.5 Å². The van der Waals surface area contributed by atoms with Gasteiger partial charge in [0.05, 0.1) is 32.5 Å². The Morgan fingerprint density at radius 3 is 2.42 bits per heavy atom. The maximum atomic E-state index is 13.0. The lowest BCUT2D eigenvalue weighted by Crippen LogP contribution is -2.52. The van der Waals surface area contributed by atoms with Crippen LogP contribution in [-0.4, -0.2) is 89.9 Å². The fraction of sp³-hybridized carbons (Fsp3) is 0.556. The van der Waals surface area contributed by atoms with Crippen LogP contribution >= 0.6 is 0 Å². The zero-order valence-corrected chi connectivity index (χ0v) is 28.6. The number of piperidine rings is 1. The highest BCUT2D eigenvalue weighted by Crippen LogP contribution is 2.32. The molecule has 0 spiro atoms. The van der Waals surface area contributed by atoms with Gasteiger partial charge in [-0.2, -0.15) is 0 Å². The summed E-state index contributed by atoms with van der Waals surface area (Å²) in [7, 11) is 0. The van der Waals surface area contributed by atoms with Gasteiger partial charge in [0.25, 0.3) is 5.91 Å². The smallest absolute Gasteiger partial charge is 0.408 e. The number of benzene rings is 2. The summed E-state index contributed by atoms with van der Waals surface area (Å²) in [6, 6.07) is 12.2. The molecule has 2 aromatic rings. The van der Waals surface area contributed by atoms with Crippen LogP contribution in [0.2, 0.25) is 0 Å².